The maximum absolute atomic E-state index is 12.6. The molecule has 2 N–H and O–H groups in total. The fraction of sp³-hybridized carbons (Fsp3) is 0.375. The van der Waals surface area contributed by atoms with Crippen LogP contribution in [0.4, 0.5) is 0 Å². The lowest BCUT2D eigenvalue weighted by Crippen LogP contribution is -2.26. The molecule has 2 aromatic carbocycles. The van der Waals surface area contributed by atoms with Crippen LogP contribution in [0.25, 0.3) is 6.08 Å². The largest absolute Gasteiger partial charge is 0.507 e. The molecule has 0 amide bonds. The van der Waals surface area contributed by atoms with Gasteiger partial charge in [-0.15, -0.1) is 0 Å². The summed E-state index contributed by atoms with van der Waals surface area (Å²) in [5.74, 6) is 0.362. The van der Waals surface area contributed by atoms with Gasteiger partial charge in [0.1, 0.15) is 11.8 Å². The lowest BCUT2D eigenvalue weighted by Gasteiger charge is -2.16. The van der Waals surface area contributed by atoms with Crippen LogP contribution in [0, 0.1) is 11.3 Å². The lowest BCUT2D eigenvalue weighted by atomic mass is 9.91. The molecule has 0 saturated carbocycles. The van der Waals surface area contributed by atoms with Gasteiger partial charge in [-0.05, 0) is 65.1 Å². The van der Waals surface area contributed by atoms with Gasteiger partial charge in [-0.3, -0.25) is 0 Å². The molecule has 0 aromatic heterocycles. The third-order valence-electron chi connectivity index (χ3n) is 4.91. The summed E-state index contributed by atoms with van der Waals surface area (Å²) in [5.41, 5.74) is 3.20. The molecule has 0 aliphatic rings. The number of allylic oxidation sites excluding steroid dienone is 1. The van der Waals surface area contributed by atoms with Crippen molar-refractivity contribution in [3.05, 3.63) is 69.6 Å². The van der Waals surface area contributed by atoms with Gasteiger partial charge in [0.25, 0.3) is 10.0 Å². The minimum absolute atomic E-state index is 0.0640. The zero-order valence-electron chi connectivity index (χ0n) is 18.0. The summed E-state index contributed by atoms with van der Waals surface area (Å²) in [6.45, 7) is 8.10. The maximum Gasteiger partial charge on any atom is 0.250 e. The fourth-order valence-electron chi connectivity index (χ4n) is 3.21. The highest BCUT2D eigenvalue weighted by Gasteiger charge is 2.19. The highest BCUT2D eigenvalue weighted by atomic mass is 32.2. The monoisotopic (exact) mass is 426 g/mol. The van der Waals surface area contributed by atoms with Gasteiger partial charge in [0.05, 0.1) is 0 Å². The molecule has 5 nitrogen and oxygen atoms in total. The van der Waals surface area contributed by atoms with Crippen LogP contribution < -0.4 is 4.72 Å². The van der Waals surface area contributed by atoms with Crippen LogP contribution in [0.1, 0.15) is 68.2 Å². The quantitative estimate of drug-likeness (QED) is 0.433. The first-order chi connectivity index (χ1) is 14.2. The number of nitrogens with one attached hydrogen (secondary N) is 1. The van der Waals surface area contributed by atoms with Gasteiger partial charge in [-0.1, -0.05) is 58.0 Å². The number of aromatic hydroxyl groups is 1. The van der Waals surface area contributed by atoms with Crippen LogP contribution in [-0.2, 0) is 16.4 Å². The minimum Gasteiger partial charge on any atom is -0.507 e. The van der Waals surface area contributed by atoms with E-state index in [1.54, 1.807) is 12.1 Å². The Morgan fingerprint density at radius 3 is 2.17 bits per heavy atom. The van der Waals surface area contributed by atoms with E-state index in [1.165, 1.54) is 6.08 Å². The molecule has 0 bridgehead atoms. The molecular formula is C24H30N2O3S. The van der Waals surface area contributed by atoms with Crippen molar-refractivity contribution in [3.8, 4) is 11.8 Å². The fourth-order valence-corrected chi connectivity index (χ4v) is 4.19. The normalized spacial score (nSPS) is 12.4. The van der Waals surface area contributed by atoms with Crippen molar-refractivity contribution in [2.45, 2.75) is 52.4 Å². The molecule has 0 heterocycles. The number of hydrogen-bond donors (Lipinski definition) is 2. The van der Waals surface area contributed by atoms with Crippen LogP contribution in [0.3, 0.4) is 0 Å². The van der Waals surface area contributed by atoms with Crippen LogP contribution in [0.15, 0.2) is 47.4 Å². The molecule has 0 radical (unpaired) electrons. The second-order valence-corrected chi connectivity index (χ2v) is 9.70. The molecule has 6 heteroatoms. The molecule has 0 fully saturated rings. The topological polar surface area (TPSA) is 90.2 Å². The molecule has 0 atom stereocenters. The van der Waals surface area contributed by atoms with E-state index >= 15 is 0 Å². The molecular weight excluding hydrogens is 396 g/mol. The van der Waals surface area contributed by atoms with Crippen molar-refractivity contribution < 1.29 is 13.5 Å². The van der Waals surface area contributed by atoms with Crippen molar-refractivity contribution >= 4 is 16.1 Å². The molecule has 2 rings (SSSR count). The molecule has 0 unspecified atom stereocenters. The Morgan fingerprint density at radius 2 is 1.67 bits per heavy atom. The van der Waals surface area contributed by atoms with E-state index in [-0.39, 0.29) is 29.0 Å². The van der Waals surface area contributed by atoms with Gasteiger partial charge in [0, 0.05) is 6.54 Å². The average molecular weight is 427 g/mol. The molecule has 0 aliphatic carbocycles. The summed E-state index contributed by atoms with van der Waals surface area (Å²) in [6, 6.07) is 15.1. The Morgan fingerprint density at radius 1 is 1.10 bits per heavy atom. The Labute approximate surface area is 180 Å². The van der Waals surface area contributed by atoms with E-state index in [0.29, 0.717) is 12.0 Å². The first kappa shape index (κ1) is 23.7. The standard InChI is InChI=1S/C24H30N2O3S/c1-17(2)22-14-20(15-23(18(3)4)24(22)27)13-21(16-25)30(28,29)26-12-8-11-19-9-6-5-7-10-19/h5-7,9-10,13-15,17-18,26-27H,8,11-12H2,1-4H3/b21-13+. The van der Waals surface area contributed by atoms with Gasteiger partial charge >= 0.3 is 0 Å². The lowest BCUT2D eigenvalue weighted by molar-refractivity contribution is 0.454. The summed E-state index contributed by atoms with van der Waals surface area (Å²) in [7, 11) is -3.91. The van der Waals surface area contributed by atoms with E-state index in [2.05, 4.69) is 4.72 Å². The number of rotatable bonds is 9. The van der Waals surface area contributed by atoms with Gasteiger partial charge in [0.2, 0.25) is 0 Å². The number of nitrogens with zero attached hydrogens (tertiary/aromatic N) is 1. The smallest absolute Gasteiger partial charge is 0.250 e. The van der Waals surface area contributed by atoms with Crippen molar-refractivity contribution in [3.63, 3.8) is 0 Å². The number of sulfonamides is 1. The Kier molecular flexibility index (Phi) is 8.22. The number of benzene rings is 2. The van der Waals surface area contributed by atoms with Gasteiger partial charge in [0.15, 0.2) is 4.91 Å². The Bertz CT molecular complexity index is 1000. The predicted molar refractivity (Wildman–Crippen MR) is 122 cm³/mol. The van der Waals surface area contributed by atoms with Crippen molar-refractivity contribution in [2.75, 3.05) is 6.54 Å². The minimum atomic E-state index is -3.91. The number of hydrogen-bond acceptors (Lipinski definition) is 4. The molecule has 0 aliphatic heterocycles. The Hall–Kier alpha value is -2.62. The van der Waals surface area contributed by atoms with Crippen LogP contribution in [-0.4, -0.2) is 20.1 Å². The molecule has 2 aromatic rings. The van der Waals surface area contributed by atoms with E-state index in [1.807, 2.05) is 64.1 Å². The third kappa shape index (κ3) is 6.19. The second-order valence-electron chi connectivity index (χ2n) is 7.96. The number of phenols is 1. The zero-order valence-corrected chi connectivity index (χ0v) is 18.8. The van der Waals surface area contributed by atoms with Crippen molar-refractivity contribution in [2.24, 2.45) is 0 Å². The van der Waals surface area contributed by atoms with Crippen LogP contribution >= 0.6 is 0 Å². The van der Waals surface area contributed by atoms with Gasteiger partial charge in [-0.25, -0.2) is 13.1 Å². The van der Waals surface area contributed by atoms with Crippen molar-refractivity contribution in [1.29, 1.82) is 5.26 Å². The number of phenolic OH excluding ortho intramolecular Hbond substituents is 1. The summed E-state index contributed by atoms with van der Waals surface area (Å²) in [6.07, 6.45) is 2.76. The van der Waals surface area contributed by atoms with Gasteiger partial charge < -0.3 is 5.11 Å². The second kappa shape index (κ2) is 10.4. The van der Waals surface area contributed by atoms with E-state index < -0.39 is 10.0 Å². The first-order valence-corrected chi connectivity index (χ1v) is 11.7. The van der Waals surface area contributed by atoms with E-state index in [9.17, 15) is 18.8 Å². The molecule has 30 heavy (non-hydrogen) atoms. The summed E-state index contributed by atoms with van der Waals surface area (Å²) >= 11 is 0. The van der Waals surface area contributed by atoms with Crippen molar-refractivity contribution in [1.82, 2.24) is 4.72 Å². The summed E-state index contributed by atoms with van der Waals surface area (Å²) in [5, 5.41) is 20.0. The SMILES string of the molecule is CC(C)c1cc(/C=C(\C#N)S(=O)(=O)NCCCc2ccccc2)cc(C(C)C)c1O. The average Bonchev–Trinajstić information content (AvgIpc) is 2.70. The zero-order chi connectivity index (χ0) is 22.3. The van der Waals surface area contributed by atoms with E-state index in [0.717, 1.165) is 23.1 Å². The Balaban J connectivity index is 2.22. The van der Waals surface area contributed by atoms with Crippen LogP contribution in [0.5, 0.6) is 5.75 Å². The number of nitriles is 1. The third-order valence-corrected chi connectivity index (χ3v) is 6.28. The maximum atomic E-state index is 12.6. The van der Waals surface area contributed by atoms with Gasteiger partial charge in [-0.2, -0.15) is 5.26 Å². The highest BCUT2D eigenvalue weighted by Crippen LogP contribution is 2.35. The predicted octanol–water partition coefficient (Wildman–Crippen LogP) is 5.06. The van der Waals surface area contributed by atoms with E-state index in [4.69, 9.17) is 0 Å². The van der Waals surface area contributed by atoms with Crippen LogP contribution in [0.2, 0.25) is 0 Å². The molecule has 0 saturated heterocycles. The highest BCUT2D eigenvalue weighted by molar-refractivity contribution is 7.93. The number of aryl methyl sites for hydroxylation is 1. The summed E-state index contributed by atoms with van der Waals surface area (Å²) < 4.78 is 27.8. The summed E-state index contributed by atoms with van der Waals surface area (Å²) in [4.78, 5) is -0.336. The molecule has 160 valence electrons. The molecule has 0 spiro atoms. The first-order valence-electron chi connectivity index (χ1n) is 10.2.